The Morgan fingerprint density at radius 3 is 2.50 bits per heavy atom. The Labute approximate surface area is 102 Å². The minimum atomic E-state index is 0.267. The van der Waals surface area contributed by atoms with Crippen LogP contribution in [0.3, 0.4) is 0 Å². The molecule has 0 saturated carbocycles. The second kappa shape index (κ2) is 7.29. The molecule has 0 aliphatic carbocycles. The molecule has 0 unspecified atom stereocenters. The maximum Gasteiger partial charge on any atom is 0.130 e. The fourth-order valence-electron chi connectivity index (χ4n) is 1.27. The van der Waals surface area contributed by atoms with E-state index in [1.807, 2.05) is 17.8 Å². The number of allylic oxidation sites excluding steroid dienone is 1. The van der Waals surface area contributed by atoms with Crippen molar-refractivity contribution in [3.8, 4) is 0 Å². The Balaban J connectivity index is 2.28. The predicted molar refractivity (Wildman–Crippen MR) is 70.8 cm³/mol. The monoisotopic (exact) mass is 234 g/mol. The molecule has 0 radical (unpaired) electrons. The van der Waals surface area contributed by atoms with Crippen LogP contribution in [0.15, 0.2) is 46.9 Å². The van der Waals surface area contributed by atoms with Gasteiger partial charge in [-0.15, -0.1) is 11.8 Å². The molecule has 1 aromatic carbocycles. The summed E-state index contributed by atoms with van der Waals surface area (Å²) in [5, 5.41) is 0. The number of hydrogen-bond acceptors (Lipinski definition) is 2. The van der Waals surface area contributed by atoms with Crippen LogP contribution in [0.2, 0.25) is 0 Å². The number of thioether (sulfide) groups is 1. The SMILES string of the molecule is CC(=O)CC/C(C)=C/CSc1ccccc1. The van der Waals surface area contributed by atoms with Crippen molar-refractivity contribution in [3.63, 3.8) is 0 Å². The van der Waals surface area contributed by atoms with Gasteiger partial charge in [0.15, 0.2) is 0 Å². The van der Waals surface area contributed by atoms with Crippen molar-refractivity contribution in [3.05, 3.63) is 42.0 Å². The third kappa shape index (κ3) is 5.76. The third-order valence-corrected chi connectivity index (χ3v) is 3.24. The molecule has 0 atom stereocenters. The lowest BCUT2D eigenvalue weighted by Crippen LogP contribution is -1.90. The molecule has 1 rings (SSSR count). The Bertz CT molecular complexity index is 354. The van der Waals surface area contributed by atoms with E-state index in [0.717, 1.165) is 12.2 Å². The first-order valence-corrected chi connectivity index (χ1v) is 6.50. The smallest absolute Gasteiger partial charge is 0.130 e. The minimum absolute atomic E-state index is 0.267. The van der Waals surface area contributed by atoms with E-state index in [2.05, 4.69) is 37.3 Å². The fourth-order valence-corrected chi connectivity index (χ4v) is 2.18. The number of ketones is 1. The Hall–Kier alpha value is -1.02. The normalized spacial score (nSPS) is 11.5. The molecule has 16 heavy (non-hydrogen) atoms. The van der Waals surface area contributed by atoms with Gasteiger partial charge in [0, 0.05) is 17.1 Å². The molecular weight excluding hydrogens is 216 g/mol. The maximum absolute atomic E-state index is 10.8. The first-order valence-electron chi connectivity index (χ1n) is 5.51. The third-order valence-electron chi connectivity index (χ3n) is 2.30. The van der Waals surface area contributed by atoms with Crippen LogP contribution in [-0.2, 0) is 4.79 Å². The van der Waals surface area contributed by atoms with Crippen LogP contribution in [0.25, 0.3) is 0 Å². The number of benzene rings is 1. The summed E-state index contributed by atoms with van der Waals surface area (Å²) in [6.07, 6.45) is 3.77. The number of Topliss-reactive ketones (excluding diaryl/α,β-unsaturated/α-hetero) is 1. The quantitative estimate of drug-likeness (QED) is 0.544. The first kappa shape index (κ1) is 13.0. The van der Waals surface area contributed by atoms with E-state index >= 15 is 0 Å². The number of hydrogen-bond donors (Lipinski definition) is 0. The average Bonchev–Trinajstić information content (AvgIpc) is 2.28. The molecule has 86 valence electrons. The van der Waals surface area contributed by atoms with Crippen molar-refractivity contribution >= 4 is 17.5 Å². The van der Waals surface area contributed by atoms with Gasteiger partial charge in [-0.05, 0) is 32.4 Å². The lowest BCUT2D eigenvalue weighted by molar-refractivity contribution is -0.116. The molecule has 0 aliphatic heterocycles. The van der Waals surface area contributed by atoms with Gasteiger partial charge in [-0.3, -0.25) is 0 Å². The molecule has 1 aromatic rings. The molecule has 0 saturated heterocycles. The number of carbonyl (C=O) groups excluding carboxylic acids is 1. The van der Waals surface area contributed by atoms with Crippen molar-refractivity contribution in [2.75, 3.05) is 5.75 Å². The van der Waals surface area contributed by atoms with Crippen LogP contribution in [0.5, 0.6) is 0 Å². The largest absolute Gasteiger partial charge is 0.300 e. The standard InChI is InChI=1S/C14H18OS/c1-12(8-9-13(2)15)10-11-16-14-6-4-3-5-7-14/h3-7,10H,8-9,11H2,1-2H3/b12-10+. The molecule has 0 N–H and O–H groups in total. The first-order chi connectivity index (χ1) is 7.68. The molecule has 0 bridgehead atoms. The van der Waals surface area contributed by atoms with Gasteiger partial charge < -0.3 is 4.79 Å². The topological polar surface area (TPSA) is 17.1 Å². The Morgan fingerprint density at radius 2 is 1.88 bits per heavy atom. The summed E-state index contributed by atoms with van der Waals surface area (Å²) < 4.78 is 0. The molecule has 0 aromatic heterocycles. The lowest BCUT2D eigenvalue weighted by Gasteiger charge is -2.00. The molecule has 0 fully saturated rings. The Morgan fingerprint density at radius 1 is 1.19 bits per heavy atom. The van der Waals surface area contributed by atoms with Crippen molar-refractivity contribution in [2.45, 2.75) is 31.6 Å². The molecule has 0 amide bonds. The molecule has 0 aliphatic rings. The van der Waals surface area contributed by atoms with E-state index in [4.69, 9.17) is 0 Å². The molecule has 0 spiro atoms. The maximum atomic E-state index is 10.8. The van der Waals surface area contributed by atoms with Crippen molar-refractivity contribution < 1.29 is 4.79 Å². The highest BCUT2D eigenvalue weighted by atomic mass is 32.2. The van der Waals surface area contributed by atoms with E-state index in [-0.39, 0.29) is 5.78 Å². The fraction of sp³-hybridized carbons (Fsp3) is 0.357. The van der Waals surface area contributed by atoms with Gasteiger partial charge >= 0.3 is 0 Å². The summed E-state index contributed by atoms with van der Waals surface area (Å²) in [6, 6.07) is 10.4. The second-order valence-electron chi connectivity index (χ2n) is 3.88. The second-order valence-corrected chi connectivity index (χ2v) is 4.97. The highest BCUT2D eigenvalue weighted by molar-refractivity contribution is 7.99. The van der Waals surface area contributed by atoms with Gasteiger partial charge in [0.1, 0.15) is 5.78 Å². The predicted octanol–water partition coefficient (Wildman–Crippen LogP) is 4.09. The summed E-state index contributed by atoms with van der Waals surface area (Å²) in [5.41, 5.74) is 1.30. The van der Waals surface area contributed by atoms with Gasteiger partial charge in [-0.25, -0.2) is 0 Å². The van der Waals surface area contributed by atoms with E-state index < -0.39 is 0 Å². The average molecular weight is 234 g/mol. The molecule has 1 nitrogen and oxygen atoms in total. The summed E-state index contributed by atoms with van der Waals surface area (Å²) in [4.78, 5) is 12.1. The number of rotatable bonds is 6. The van der Waals surface area contributed by atoms with Crippen LogP contribution < -0.4 is 0 Å². The van der Waals surface area contributed by atoms with Crippen LogP contribution in [0, 0.1) is 0 Å². The van der Waals surface area contributed by atoms with E-state index in [1.54, 1.807) is 6.92 Å². The zero-order chi connectivity index (χ0) is 11.8. The van der Waals surface area contributed by atoms with Crippen LogP contribution in [0.1, 0.15) is 26.7 Å². The molecule has 2 heteroatoms. The van der Waals surface area contributed by atoms with Gasteiger partial charge in [0.05, 0.1) is 0 Å². The number of carbonyl (C=O) groups is 1. The van der Waals surface area contributed by atoms with Crippen molar-refractivity contribution in [2.24, 2.45) is 0 Å². The van der Waals surface area contributed by atoms with Gasteiger partial charge in [-0.2, -0.15) is 0 Å². The summed E-state index contributed by atoms with van der Waals surface area (Å²) >= 11 is 1.82. The van der Waals surface area contributed by atoms with Gasteiger partial charge in [0.25, 0.3) is 0 Å². The zero-order valence-electron chi connectivity index (χ0n) is 9.90. The van der Waals surface area contributed by atoms with Crippen LogP contribution >= 0.6 is 11.8 Å². The van der Waals surface area contributed by atoms with Gasteiger partial charge in [-0.1, -0.05) is 29.8 Å². The summed E-state index contributed by atoms with van der Waals surface area (Å²) in [6.45, 7) is 3.74. The van der Waals surface area contributed by atoms with E-state index in [0.29, 0.717) is 6.42 Å². The minimum Gasteiger partial charge on any atom is -0.300 e. The lowest BCUT2D eigenvalue weighted by atomic mass is 10.1. The summed E-state index contributed by atoms with van der Waals surface area (Å²) in [7, 11) is 0. The molecule has 0 heterocycles. The van der Waals surface area contributed by atoms with E-state index in [9.17, 15) is 4.79 Å². The highest BCUT2D eigenvalue weighted by Gasteiger charge is 1.95. The van der Waals surface area contributed by atoms with E-state index in [1.165, 1.54) is 10.5 Å². The molecular formula is C14H18OS. The Kier molecular flexibility index (Phi) is 5.94. The van der Waals surface area contributed by atoms with Crippen LogP contribution in [0.4, 0.5) is 0 Å². The zero-order valence-corrected chi connectivity index (χ0v) is 10.7. The van der Waals surface area contributed by atoms with Crippen molar-refractivity contribution in [1.82, 2.24) is 0 Å². The van der Waals surface area contributed by atoms with Crippen molar-refractivity contribution in [1.29, 1.82) is 0 Å². The summed E-state index contributed by atoms with van der Waals surface area (Å²) in [5.74, 6) is 1.25. The van der Waals surface area contributed by atoms with Gasteiger partial charge in [0.2, 0.25) is 0 Å². The highest BCUT2D eigenvalue weighted by Crippen LogP contribution is 2.18. The van der Waals surface area contributed by atoms with Crippen LogP contribution in [-0.4, -0.2) is 11.5 Å².